The Morgan fingerprint density at radius 3 is 2.90 bits per heavy atom. The van der Waals surface area contributed by atoms with Crippen LogP contribution in [-0.2, 0) is 11.3 Å². The zero-order valence-corrected chi connectivity index (χ0v) is 13.0. The van der Waals surface area contributed by atoms with Crippen LogP contribution in [0.15, 0.2) is 12.4 Å². The number of methoxy groups -OCH3 is 1. The normalized spacial score (nSPS) is 18.1. The number of anilines is 1. The van der Waals surface area contributed by atoms with Gasteiger partial charge in [-0.25, -0.2) is 4.98 Å². The maximum Gasteiger partial charge on any atom is 0.202 e. The number of nitrogens with zero attached hydrogens (tertiary/aromatic N) is 2. The molecule has 1 N–H and O–H groups in total. The molecule has 0 bridgehead atoms. The van der Waals surface area contributed by atoms with E-state index in [4.69, 9.17) is 4.74 Å². The van der Waals surface area contributed by atoms with Crippen molar-refractivity contribution in [3.63, 3.8) is 0 Å². The lowest BCUT2D eigenvalue weighted by Crippen LogP contribution is -2.31. The van der Waals surface area contributed by atoms with E-state index in [2.05, 4.69) is 28.0 Å². The fourth-order valence-electron chi connectivity index (χ4n) is 3.26. The monoisotopic (exact) mass is 279 g/mol. The number of imidazole rings is 1. The lowest BCUT2D eigenvalue weighted by Gasteiger charge is -2.30. The molecule has 0 saturated heterocycles. The van der Waals surface area contributed by atoms with Crippen LogP contribution in [0, 0.1) is 5.92 Å². The molecular weight excluding hydrogens is 250 g/mol. The maximum atomic E-state index is 5.12. The molecule has 1 aromatic rings. The largest absolute Gasteiger partial charge is 0.385 e. The fourth-order valence-corrected chi connectivity index (χ4v) is 3.26. The van der Waals surface area contributed by atoms with Crippen LogP contribution in [0.4, 0.5) is 5.95 Å². The third kappa shape index (κ3) is 4.23. The van der Waals surface area contributed by atoms with Gasteiger partial charge in [0, 0.05) is 38.7 Å². The van der Waals surface area contributed by atoms with Crippen LogP contribution < -0.4 is 5.32 Å². The minimum absolute atomic E-state index is 0.568. The first-order valence-electron chi connectivity index (χ1n) is 8.11. The highest BCUT2D eigenvalue weighted by Gasteiger charge is 2.23. The van der Waals surface area contributed by atoms with Crippen LogP contribution in [0.5, 0.6) is 0 Å². The van der Waals surface area contributed by atoms with Crippen molar-refractivity contribution in [3.05, 3.63) is 12.4 Å². The second-order valence-corrected chi connectivity index (χ2v) is 5.85. The van der Waals surface area contributed by atoms with E-state index in [9.17, 15) is 0 Å². The van der Waals surface area contributed by atoms with Crippen LogP contribution in [0.25, 0.3) is 0 Å². The van der Waals surface area contributed by atoms with E-state index in [1.165, 1.54) is 38.5 Å². The molecule has 0 amide bonds. The molecule has 1 heterocycles. The number of aryl methyl sites for hydroxylation is 1. The Kier molecular flexibility index (Phi) is 6.37. The minimum atomic E-state index is 0.568. The SMILES string of the molecule is CCC(Nc1nccn1CCCOC)C1CCCCC1. The van der Waals surface area contributed by atoms with Gasteiger partial charge in [0.1, 0.15) is 0 Å². The van der Waals surface area contributed by atoms with Crippen molar-refractivity contribution in [1.29, 1.82) is 0 Å². The van der Waals surface area contributed by atoms with Crippen molar-refractivity contribution in [3.8, 4) is 0 Å². The average Bonchev–Trinajstić information content (AvgIpc) is 2.93. The number of nitrogens with one attached hydrogen (secondary N) is 1. The molecule has 0 aliphatic heterocycles. The van der Waals surface area contributed by atoms with Crippen LogP contribution >= 0.6 is 0 Å². The van der Waals surface area contributed by atoms with Gasteiger partial charge in [-0.05, 0) is 31.6 Å². The fraction of sp³-hybridized carbons (Fsp3) is 0.812. The van der Waals surface area contributed by atoms with Crippen molar-refractivity contribution >= 4 is 5.95 Å². The van der Waals surface area contributed by atoms with E-state index in [0.29, 0.717) is 6.04 Å². The molecule has 114 valence electrons. The maximum absolute atomic E-state index is 5.12. The summed E-state index contributed by atoms with van der Waals surface area (Å²) in [5.41, 5.74) is 0. The van der Waals surface area contributed by atoms with E-state index in [1.54, 1.807) is 7.11 Å². The molecule has 2 rings (SSSR count). The highest BCUT2D eigenvalue weighted by Crippen LogP contribution is 2.29. The zero-order chi connectivity index (χ0) is 14.2. The molecule has 0 spiro atoms. The standard InChI is InChI=1S/C16H29N3O/c1-3-15(14-8-5-4-6-9-14)18-16-17-10-12-19(16)11-7-13-20-2/h10,12,14-15H,3-9,11,13H2,1-2H3,(H,17,18). The first-order chi connectivity index (χ1) is 9.85. The Labute approximate surface area is 122 Å². The van der Waals surface area contributed by atoms with Gasteiger partial charge in [-0.2, -0.15) is 0 Å². The topological polar surface area (TPSA) is 39.1 Å². The number of rotatable bonds is 8. The summed E-state index contributed by atoms with van der Waals surface area (Å²) < 4.78 is 7.34. The smallest absolute Gasteiger partial charge is 0.202 e. The summed E-state index contributed by atoms with van der Waals surface area (Å²) in [5, 5.41) is 3.68. The molecule has 1 aromatic heterocycles. The third-order valence-electron chi connectivity index (χ3n) is 4.44. The van der Waals surface area contributed by atoms with Crippen molar-refractivity contribution in [2.24, 2.45) is 5.92 Å². The number of aromatic nitrogens is 2. The molecule has 0 radical (unpaired) electrons. The Morgan fingerprint density at radius 2 is 2.20 bits per heavy atom. The molecular formula is C16H29N3O. The summed E-state index contributed by atoms with van der Waals surface area (Å²) in [6.07, 6.45) is 13.1. The van der Waals surface area contributed by atoms with Gasteiger partial charge in [0.15, 0.2) is 0 Å². The minimum Gasteiger partial charge on any atom is -0.385 e. The van der Waals surface area contributed by atoms with E-state index in [-0.39, 0.29) is 0 Å². The Hall–Kier alpha value is -1.03. The van der Waals surface area contributed by atoms with Gasteiger partial charge >= 0.3 is 0 Å². The van der Waals surface area contributed by atoms with Gasteiger partial charge < -0.3 is 14.6 Å². The van der Waals surface area contributed by atoms with E-state index >= 15 is 0 Å². The molecule has 1 unspecified atom stereocenters. The highest BCUT2D eigenvalue weighted by molar-refractivity contribution is 5.28. The number of hydrogen-bond donors (Lipinski definition) is 1. The number of hydrogen-bond acceptors (Lipinski definition) is 3. The molecule has 1 aliphatic rings. The molecule has 1 aliphatic carbocycles. The summed E-state index contributed by atoms with van der Waals surface area (Å²) in [6.45, 7) is 4.05. The summed E-state index contributed by atoms with van der Waals surface area (Å²) in [6, 6.07) is 0.568. The van der Waals surface area contributed by atoms with Gasteiger partial charge in [0.25, 0.3) is 0 Å². The molecule has 1 saturated carbocycles. The second kappa shape index (κ2) is 8.30. The summed E-state index contributed by atoms with van der Waals surface area (Å²) in [5.74, 6) is 1.84. The number of ether oxygens (including phenoxy) is 1. The van der Waals surface area contributed by atoms with E-state index in [0.717, 1.165) is 31.4 Å². The highest BCUT2D eigenvalue weighted by atomic mass is 16.5. The average molecular weight is 279 g/mol. The summed E-state index contributed by atoms with van der Waals surface area (Å²) >= 11 is 0. The Bertz CT molecular complexity index is 372. The quantitative estimate of drug-likeness (QED) is 0.738. The van der Waals surface area contributed by atoms with Gasteiger partial charge in [0.05, 0.1) is 0 Å². The Balaban J connectivity index is 1.91. The molecule has 4 nitrogen and oxygen atoms in total. The lowest BCUT2D eigenvalue weighted by molar-refractivity contribution is 0.190. The van der Waals surface area contributed by atoms with Crippen molar-refractivity contribution in [2.45, 2.75) is 64.5 Å². The van der Waals surface area contributed by atoms with Crippen molar-refractivity contribution < 1.29 is 4.74 Å². The predicted molar refractivity (Wildman–Crippen MR) is 83.0 cm³/mol. The zero-order valence-electron chi connectivity index (χ0n) is 13.0. The Morgan fingerprint density at radius 1 is 1.40 bits per heavy atom. The van der Waals surface area contributed by atoms with Gasteiger partial charge in [-0.3, -0.25) is 0 Å². The molecule has 20 heavy (non-hydrogen) atoms. The van der Waals surface area contributed by atoms with Gasteiger partial charge in [0.2, 0.25) is 5.95 Å². The lowest BCUT2D eigenvalue weighted by atomic mass is 9.83. The molecule has 1 atom stereocenters. The van der Waals surface area contributed by atoms with E-state index in [1.807, 2.05) is 6.20 Å². The first kappa shape index (κ1) is 15.4. The van der Waals surface area contributed by atoms with Crippen molar-refractivity contribution in [2.75, 3.05) is 19.0 Å². The van der Waals surface area contributed by atoms with Crippen molar-refractivity contribution in [1.82, 2.24) is 9.55 Å². The summed E-state index contributed by atoms with van der Waals surface area (Å²) in [4.78, 5) is 4.49. The van der Waals surface area contributed by atoms with Gasteiger partial charge in [-0.1, -0.05) is 26.2 Å². The predicted octanol–water partition coefficient (Wildman–Crippen LogP) is 3.69. The third-order valence-corrected chi connectivity index (χ3v) is 4.44. The second-order valence-electron chi connectivity index (χ2n) is 5.85. The van der Waals surface area contributed by atoms with Crippen LogP contribution in [0.3, 0.4) is 0 Å². The van der Waals surface area contributed by atoms with E-state index < -0.39 is 0 Å². The molecule has 4 heteroatoms. The van der Waals surface area contributed by atoms with Crippen LogP contribution in [-0.4, -0.2) is 29.3 Å². The molecule has 0 aromatic carbocycles. The van der Waals surface area contributed by atoms with Crippen LogP contribution in [0.1, 0.15) is 51.9 Å². The van der Waals surface area contributed by atoms with Crippen LogP contribution in [0.2, 0.25) is 0 Å². The first-order valence-corrected chi connectivity index (χ1v) is 8.11. The van der Waals surface area contributed by atoms with Gasteiger partial charge in [-0.15, -0.1) is 0 Å². The molecule has 1 fully saturated rings. The summed E-state index contributed by atoms with van der Waals surface area (Å²) in [7, 11) is 1.75.